The van der Waals surface area contributed by atoms with Crippen LogP contribution in [0.4, 0.5) is 0 Å². The lowest BCUT2D eigenvalue weighted by atomic mass is 10.0. The summed E-state index contributed by atoms with van der Waals surface area (Å²) in [6.45, 7) is 6.71. The maximum absolute atomic E-state index is 12.9. The highest BCUT2D eigenvalue weighted by Gasteiger charge is 2.20. The number of rotatable bonds is 68. The van der Waals surface area contributed by atoms with Crippen molar-refractivity contribution in [2.24, 2.45) is 0 Å². The highest BCUT2D eigenvalue weighted by Crippen LogP contribution is 2.20. The zero-order valence-electron chi connectivity index (χ0n) is 53.5. The highest BCUT2D eigenvalue weighted by molar-refractivity contribution is 5.71. The molecule has 0 saturated carbocycles. The first kappa shape index (κ1) is 76.4. The van der Waals surface area contributed by atoms with Crippen LogP contribution < -0.4 is 0 Å². The molecule has 0 aromatic heterocycles. The van der Waals surface area contributed by atoms with Crippen LogP contribution >= 0.6 is 0 Å². The Kier molecular flexibility index (Phi) is 66.5. The standard InChI is InChI=1S/C72H140O6/c1-4-7-10-13-16-19-21-23-25-27-29-31-33-34-35-36-37-38-40-41-43-45-47-49-51-53-56-59-62-65-71(74)77-68-69(67-76-70(73)64-61-58-55-18-15-12-9-6-3)78-72(75)66-63-60-57-54-52-50-48-46-44-42-39-32-30-28-26-24-22-20-17-14-11-8-5-2/h69H,4-68H2,1-3H3. The molecule has 0 N–H and O–H groups in total. The molecule has 0 aliphatic heterocycles. The summed E-state index contributed by atoms with van der Waals surface area (Å²) in [5.41, 5.74) is 0. The van der Waals surface area contributed by atoms with Gasteiger partial charge in [0.15, 0.2) is 6.10 Å². The molecule has 0 aliphatic carbocycles. The molecule has 464 valence electrons. The fourth-order valence-electron chi connectivity index (χ4n) is 11.5. The second-order valence-corrected chi connectivity index (χ2v) is 24.9. The van der Waals surface area contributed by atoms with Crippen molar-refractivity contribution in [1.82, 2.24) is 0 Å². The molecule has 1 unspecified atom stereocenters. The van der Waals surface area contributed by atoms with Crippen molar-refractivity contribution in [2.75, 3.05) is 13.2 Å². The van der Waals surface area contributed by atoms with Gasteiger partial charge in [0.2, 0.25) is 0 Å². The van der Waals surface area contributed by atoms with E-state index in [1.807, 2.05) is 0 Å². The molecule has 0 aromatic carbocycles. The average molecular weight is 1100 g/mol. The maximum Gasteiger partial charge on any atom is 0.306 e. The van der Waals surface area contributed by atoms with Crippen molar-refractivity contribution in [1.29, 1.82) is 0 Å². The topological polar surface area (TPSA) is 78.9 Å². The third kappa shape index (κ3) is 65.2. The molecule has 0 radical (unpaired) electrons. The molecule has 6 nitrogen and oxygen atoms in total. The number of ether oxygens (including phenoxy) is 3. The molecule has 6 heteroatoms. The van der Waals surface area contributed by atoms with Crippen LogP contribution in [0.15, 0.2) is 0 Å². The molecular formula is C72H140O6. The van der Waals surface area contributed by atoms with E-state index < -0.39 is 6.10 Å². The van der Waals surface area contributed by atoms with Crippen LogP contribution in [0.1, 0.15) is 425 Å². The van der Waals surface area contributed by atoms with Crippen molar-refractivity contribution >= 4 is 17.9 Å². The highest BCUT2D eigenvalue weighted by atomic mass is 16.6. The summed E-state index contributed by atoms with van der Waals surface area (Å²) < 4.78 is 16.9. The van der Waals surface area contributed by atoms with Gasteiger partial charge in [0.25, 0.3) is 0 Å². The molecule has 0 bridgehead atoms. The monoisotopic (exact) mass is 1100 g/mol. The number of carbonyl (C=O) groups is 3. The second-order valence-electron chi connectivity index (χ2n) is 24.9. The van der Waals surface area contributed by atoms with Crippen LogP contribution in [0.5, 0.6) is 0 Å². The largest absolute Gasteiger partial charge is 0.462 e. The molecule has 78 heavy (non-hydrogen) atoms. The fraction of sp³-hybridized carbons (Fsp3) is 0.958. The quantitative estimate of drug-likeness (QED) is 0.0343. The van der Waals surface area contributed by atoms with Gasteiger partial charge in [-0.2, -0.15) is 0 Å². The second kappa shape index (κ2) is 67.9. The molecule has 0 amide bonds. The lowest BCUT2D eigenvalue weighted by molar-refractivity contribution is -0.167. The van der Waals surface area contributed by atoms with Gasteiger partial charge in [-0.25, -0.2) is 0 Å². The molecule has 0 spiro atoms. The zero-order valence-corrected chi connectivity index (χ0v) is 53.5. The van der Waals surface area contributed by atoms with Crippen molar-refractivity contribution < 1.29 is 28.6 Å². The first-order valence-electron chi connectivity index (χ1n) is 36.0. The number of unbranched alkanes of at least 4 members (excludes halogenated alkanes) is 57. The van der Waals surface area contributed by atoms with Gasteiger partial charge >= 0.3 is 17.9 Å². The fourth-order valence-corrected chi connectivity index (χ4v) is 11.5. The summed E-state index contributed by atoms with van der Waals surface area (Å²) in [6, 6.07) is 0. The van der Waals surface area contributed by atoms with Crippen LogP contribution in [0, 0.1) is 0 Å². The van der Waals surface area contributed by atoms with Gasteiger partial charge in [-0.05, 0) is 19.3 Å². The molecule has 0 saturated heterocycles. The van der Waals surface area contributed by atoms with Crippen LogP contribution in [0.2, 0.25) is 0 Å². The average Bonchev–Trinajstić information content (AvgIpc) is 3.44. The van der Waals surface area contributed by atoms with E-state index in [2.05, 4.69) is 20.8 Å². The van der Waals surface area contributed by atoms with Crippen molar-refractivity contribution in [2.45, 2.75) is 431 Å². The normalized spacial score (nSPS) is 11.9. The minimum Gasteiger partial charge on any atom is -0.462 e. The van der Waals surface area contributed by atoms with Gasteiger partial charge in [-0.3, -0.25) is 14.4 Å². The van der Waals surface area contributed by atoms with Gasteiger partial charge in [-0.1, -0.05) is 387 Å². The van der Waals surface area contributed by atoms with Crippen molar-refractivity contribution in [3.63, 3.8) is 0 Å². The third-order valence-corrected chi connectivity index (χ3v) is 16.9. The minimum absolute atomic E-state index is 0.0609. The van der Waals surface area contributed by atoms with Crippen molar-refractivity contribution in [3.8, 4) is 0 Å². The summed E-state index contributed by atoms with van der Waals surface area (Å²) in [4.78, 5) is 38.2. The van der Waals surface area contributed by atoms with Crippen molar-refractivity contribution in [3.05, 3.63) is 0 Å². The molecule has 0 fully saturated rings. The molecule has 0 aliphatic rings. The predicted molar refractivity (Wildman–Crippen MR) is 340 cm³/mol. The van der Waals surface area contributed by atoms with E-state index in [0.717, 1.165) is 57.8 Å². The number of esters is 3. The molecular weight excluding hydrogens is 961 g/mol. The van der Waals surface area contributed by atoms with E-state index in [1.54, 1.807) is 0 Å². The van der Waals surface area contributed by atoms with E-state index in [4.69, 9.17) is 14.2 Å². The molecule has 0 aromatic rings. The van der Waals surface area contributed by atoms with E-state index in [0.29, 0.717) is 19.3 Å². The zero-order chi connectivity index (χ0) is 56.4. The first-order chi connectivity index (χ1) is 38.5. The minimum atomic E-state index is -0.762. The van der Waals surface area contributed by atoms with Crippen LogP contribution in [0.3, 0.4) is 0 Å². The Morgan fingerprint density at radius 1 is 0.205 bits per heavy atom. The number of hydrogen-bond acceptors (Lipinski definition) is 6. The summed E-state index contributed by atoms with van der Waals surface area (Å²) >= 11 is 0. The Labute approximate surface area is 488 Å². The molecule has 0 heterocycles. The number of hydrogen-bond donors (Lipinski definition) is 0. The van der Waals surface area contributed by atoms with Gasteiger partial charge in [0, 0.05) is 19.3 Å². The first-order valence-corrected chi connectivity index (χ1v) is 36.0. The van der Waals surface area contributed by atoms with E-state index in [9.17, 15) is 14.4 Å². The Morgan fingerprint density at radius 3 is 0.513 bits per heavy atom. The SMILES string of the molecule is CCCCCCCCCCCCCCCCCCCCCCCCCCCCCCCC(=O)OCC(COC(=O)CCCCCCCCCC)OC(=O)CCCCCCCCCCCCCCCCCCCCCCCCC. The Hall–Kier alpha value is -1.59. The van der Waals surface area contributed by atoms with Gasteiger partial charge < -0.3 is 14.2 Å². The Bertz CT molecular complexity index is 1170. The lowest BCUT2D eigenvalue weighted by Crippen LogP contribution is -2.30. The maximum atomic E-state index is 12.9. The Balaban J connectivity index is 4.01. The number of carbonyl (C=O) groups excluding carboxylic acids is 3. The third-order valence-electron chi connectivity index (χ3n) is 16.9. The van der Waals surface area contributed by atoms with E-state index in [1.165, 1.54) is 327 Å². The van der Waals surface area contributed by atoms with Gasteiger partial charge in [0.05, 0.1) is 0 Å². The van der Waals surface area contributed by atoms with E-state index in [-0.39, 0.29) is 31.1 Å². The van der Waals surface area contributed by atoms with Crippen LogP contribution in [-0.4, -0.2) is 37.2 Å². The van der Waals surface area contributed by atoms with Gasteiger partial charge in [-0.15, -0.1) is 0 Å². The molecule has 0 rings (SSSR count). The van der Waals surface area contributed by atoms with Gasteiger partial charge in [0.1, 0.15) is 13.2 Å². The summed E-state index contributed by atoms with van der Waals surface area (Å²) in [5.74, 6) is -0.829. The summed E-state index contributed by atoms with van der Waals surface area (Å²) in [6.07, 6.45) is 80.3. The van der Waals surface area contributed by atoms with Crippen LogP contribution in [0.25, 0.3) is 0 Å². The summed E-state index contributed by atoms with van der Waals surface area (Å²) in [5, 5.41) is 0. The Morgan fingerprint density at radius 2 is 0.346 bits per heavy atom. The van der Waals surface area contributed by atoms with Crippen LogP contribution in [-0.2, 0) is 28.6 Å². The summed E-state index contributed by atoms with van der Waals surface area (Å²) in [7, 11) is 0. The lowest BCUT2D eigenvalue weighted by Gasteiger charge is -2.18. The molecule has 1 atom stereocenters. The smallest absolute Gasteiger partial charge is 0.306 e. The predicted octanol–water partition coefficient (Wildman–Crippen LogP) is 24.6. The van der Waals surface area contributed by atoms with E-state index >= 15 is 0 Å².